The van der Waals surface area contributed by atoms with Crippen molar-refractivity contribution in [2.24, 2.45) is 0 Å². The Balaban J connectivity index is 1.51. The van der Waals surface area contributed by atoms with E-state index in [9.17, 15) is 0 Å². The molecule has 5 atom stereocenters. The Morgan fingerprint density at radius 3 is 2.45 bits per heavy atom. The van der Waals surface area contributed by atoms with E-state index in [1.165, 1.54) is 0 Å². The van der Waals surface area contributed by atoms with Crippen molar-refractivity contribution in [3.8, 4) is 5.75 Å². The quantitative estimate of drug-likeness (QED) is 0.778. The van der Waals surface area contributed by atoms with Gasteiger partial charge in [-0.2, -0.15) is 0 Å². The summed E-state index contributed by atoms with van der Waals surface area (Å²) in [7, 11) is 0. The SMILES string of the molecule is Cc1ccc2ccccc2c1O[C@@H]1[C@H]2OC(C)(C)O[C@H]2O[C@@H]1[C@H]1COC(C)(C)O1. The zero-order valence-electron chi connectivity index (χ0n) is 17.5. The van der Waals surface area contributed by atoms with Crippen LogP contribution in [0.25, 0.3) is 10.8 Å². The molecular weight excluding hydrogens is 372 g/mol. The molecule has 29 heavy (non-hydrogen) atoms. The van der Waals surface area contributed by atoms with Gasteiger partial charge in [-0.3, -0.25) is 0 Å². The number of fused-ring (bicyclic) bond motifs is 2. The van der Waals surface area contributed by atoms with E-state index in [-0.39, 0.29) is 24.4 Å². The second-order valence-corrected chi connectivity index (χ2v) is 8.95. The van der Waals surface area contributed by atoms with E-state index in [1.54, 1.807) is 0 Å². The average Bonchev–Trinajstić information content (AvgIpc) is 3.27. The van der Waals surface area contributed by atoms with E-state index in [0.29, 0.717) is 6.61 Å². The molecule has 0 N–H and O–H groups in total. The van der Waals surface area contributed by atoms with Crippen LogP contribution >= 0.6 is 0 Å². The van der Waals surface area contributed by atoms with Gasteiger partial charge in [-0.15, -0.1) is 0 Å². The summed E-state index contributed by atoms with van der Waals surface area (Å²) in [6, 6.07) is 12.4. The van der Waals surface area contributed by atoms with E-state index >= 15 is 0 Å². The minimum Gasteiger partial charge on any atom is -0.484 e. The molecule has 3 fully saturated rings. The molecule has 3 aliphatic rings. The van der Waals surface area contributed by atoms with E-state index in [2.05, 4.69) is 31.2 Å². The minimum atomic E-state index is -0.720. The highest BCUT2D eigenvalue weighted by Crippen LogP contribution is 2.43. The molecule has 3 saturated heterocycles. The van der Waals surface area contributed by atoms with Crippen LogP contribution in [0.1, 0.15) is 33.3 Å². The average molecular weight is 400 g/mol. The Labute approximate surface area is 171 Å². The molecule has 0 bridgehead atoms. The monoisotopic (exact) mass is 400 g/mol. The van der Waals surface area contributed by atoms with Crippen LogP contribution in [0, 0.1) is 6.92 Å². The minimum absolute atomic E-state index is 0.258. The van der Waals surface area contributed by atoms with Crippen molar-refractivity contribution in [3.63, 3.8) is 0 Å². The van der Waals surface area contributed by atoms with Gasteiger partial charge in [0, 0.05) is 5.39 Å². The van der Waals surface area contributed by atoms with Crippen molar-refractivity contribution in [3.05, 3.63) is 42.0 Å². The fourth-order valence-electron chi connectivity index (χ4n) is 4.46. The summed E-state index contributed by atoms with van der Waals surface area (Å²) in [6.45, 7) is 10.1. The van der Waals surface area contributed by atoms with Gasteiger partial charge in [0.1, 0.15) is 18.0 Å². The van der Waals surface area contributed by atoms with Gasteiger partial charge < -0.3 is 28.4 Å². The molecule has 0 unspecified atom stereocenters. The van der Waals surface area contributed by atoms with Crippen LogP contribution in [-0.4, -0.2) is 48.9 Å². The van der Waals surface area contributed by atoms with Gasteiger partial charge in [0.15, 0.2) is 30.1 Å². The van der Waals surface area contributed by atoms with Crippen LogP contribution in [0.4, 0.5) is 0 Å². The first kappa shape index (κ1) is 19.3. The maximum absolute atomic E-state index is 6.65. The third kappa shape index (κ3) is 3.43. The van der Waals surface area contributed by atoms with E-state index < -0.39 is 17.9 Å². The first-order valence-corrected chi connectivity index (χ1v) is 10.2. The highest BCUT2D eigenvalue weighted by molar-refractivity contribution is 5.89. The van der Waals surface area contributed by atoms with Gasteiger partial charge in [0.25, 0.3) is 0 Å². The largest absolute Gasteiger partial charge is 0.484 e. The third-order valence-electron chi connectivity index (χ3n) is 5.75. The molecule has 156 valence electrons. The van der Waals surface area contributed by atoms with Gasteiger partial charge in [-0.1, -0.05) is 36.4 Å². The van der Waals surface area contributed by atoms with Gasteiger partial charge in [0.05, 0.1) is 6.61 Å². The van der Waals surface area contributed by atoms with Crippen LogP contribution in [0.5, 0.6) is 5.75 Å². The van der Waals surface area contributed by atoms with E-state index in [4.69, 9.17) is 28.4 Å². The maximum Gasteiger partial charge on any atom is 0.191 e. The lowest BCUT2D eigenvalue weighted by molar-refractivity contribution is -0.230. The molecule has 0 aliphatic carbocycles. The normalized spacial score (nSPS) is 35.1. The Hall–Kier alpha value is -1.70. The van der Waals surface area contributed by atoms with Crippen LogP contribution < -0.4 is 4.74 Å². The fourth-order valence-corrected chi connectivity index (χ4v) is 4.46. The predicted molar refractivity (Wildman–Crippen MR) is 107 cm³/mol. The third-order valence-corrected chi connectivity index (χ3v) is 5.75. The van der Waals surface area contributed by atoms with Gasteiger partial charge in [0.2, 0.25) is 0 Å². The fraction of sp³-hybridized carbons (Fsp3) is 0.565. The molecule has 6 nitrogen and oxygen atoms in total. The highest BCUT2D eigenvalue weighted by Gasteiger charge is 2.59. The first-order valence-electron chi connectivity index (χ1n) is 10.2. The van der Waals surface area contributed by atoms with E-state index in [0.717, 1.165) is 22.1 Å². The summed E-state index contributed by atoms with van der Waals surface area (Å²) in [5, 5.41) is 2.20. The Kier molecular flexibility index (Phi) is 4.42. The zero-order chi connectivity index (χ0) is 20.4. The van der Waals surface area contributed by atoms with Crippen molar-refractivity contribution < 1.29 is 28.4 Å². The lowest BCUT2D eigenvalue weighted by atomic mass is 10.0. The number of aryl methyl sites for hydroxylation is 1. The van der Waals surface area contributed by atoms with Crippen molar-refractivity contribution in [1.82, 2.24) is 0 Å². The topological polar surface area (TPSA) is 55.4 Å². The lowest BCUT2D eigenvalue weighted by Crippen LogP contribution is -2.46. The predicted octanol–water partition coefficient (Wildman–Crippen LogP) is 3.92. The summed E-state index contributed by atoms with van der Waals surface area (Å²) in [4.78, 5) is 0. The van der Waals surface area contributed by atoms with Gasteiger partial charge in [-0.05, 0) is 45.6 Å². The van der Waals surface area contributed by atoms with Crippen molar-refractivity contribution in [2.45, 2.75) is 76.9 Å². The number of ether oxygens (including phenoxy) is 6. The zero-order valence-corrected chi connectivity index (χ0v) is 17.5. The molecule has 0 radical (unpaired) electrons. The molecule has 2 aromatic carbocycles. The van der Waals surface area contributed by atoms with Crippen molar-refractivity contribution in [1.29, 1.82) is 0 Å². The summed E-state index contributed by atoms with van der Waals surface area (Å²) < 4.78 is 37.0. The summed E-state index contributed by atoms with van der Waals surface area (Å²) in [6.07, 6.45) is -1.84. The molecule has 0 amide bonds. The standard InChI is InChI=1S/C23H28O6/c1-13-10-11-14-8-6-7-9-15(14)17(13)25-19-18(16-12-24-22(2,3)27-16)26-21-20(19)28-23(4,5)29-21/h6-11,16,18-21H,12H2,1-5H3/t16-,18-,19+,20-,21-/m1/s1. The molecule has 2 aromatic rings. The van der Waals surface area contributed by atoms with Crippen molar-refractivity contribution >= 4 is 10.8 Å². The smallest absolute Gasteiger partial charge is 0.191 e. The van der Waals surface area contributed by atoms with Gasteiger partial charge >= 0.3 is 0 Å². The Morgan fingerprint density at radius 2 is 1.69 bits per heavy atom. The lowest BCUT2D eigenvalue weighted by Gasteiger charge is -2.30. The molecule has 0 aromatic heterocycles. The molecule has 3 aliphatic heterocycles. The summed E-state index contributed by atoms with van der Waals surface area (Å²) in [5.74, 6) is -0.525. The summed E-state index contributed by atoms with van der Waals surface area (Å²) >= 11 is 0. The molecular formula is C23H28O6. The molecule has 0 saturated carbocycles. The second-order valence-electron chi connectivity index (χ2n) is 8.95. The Bertz CT molecular complexity index is 923. The second kappa shape index (κ2) is 6.65. The highest BCUT2D eigenvalue weighted by atomic mass is 16.8. The van der Waals surface area contributed by atoms with Crippen LogP contribution in [-0.2, 0) is 23.7 Å². The van der Waals surface area contributed by atoms with Crippen LogP contribution in [0.3, 0.4) is 0 Å². The molecule has 3 heterocycles. The van der Waals surface area contributed by atoms with Crippen LogP contribution in [0.2, 0.25) is 0 Å². The molecule has 5 rings (SSSR count). The molecule has 0 spiro atoms. The van der Waals surface area contributed by atoms with E-state index in [1.807, 2.05) is 39.8 Å². The van der Waals surface area contributed by atoms with Crippen molar-refractivity contribution in [2.75, 3.05) is 6.61 Å². The number of hydrogen-bond donors (Lipinski definition) is 0. The molecule has 6 heteroatoms. The number of hydrogen-bond acceptors (Lipinski definition) is 6. The van der Waals surface area contributed by atoms with Gasteiger partial charge in [-0.25, -0.2) is 0 Å². The maximum atomic E-state index is 6.65. The number of rotatable bonds is 3. The first-order chi connectivity index (χ1) is 13.7. The Morgan fingerprint density at radius 1 is 0.897 bits per heavy atom. The number of benzene rings is 2. The summed E-state index contributed by atoms with van der Waals surface area (Å²) in [5.41, 5.74) is 1.06. The van der Waals surface area contributed by atoms with Crippen LogP contribution in [0.15, 0.2) is 36.4 Å².